The summed E-state index contributed by atoms with van der Waals surface area (Å²) < 4.78 is 13.1. The van der Waals surface area contributed by atoms with Crippen LogP contribution >= 0.6 is 11.6 Å². The molecule has 0 atom stereocenters. The summed E-state index contributed by atoms with van der Waals surface area (Å²) in [5.41, 5.74) is 7.36. The number of halogens is 2. The molecule has 19 heavy (non-hydrogen) atoms. The van der Waals surface area contributed by atoms with E-state index in [0.717, 1.165) is 11.6 Å². The maximum Gasteiger partial charge on any atom is 0.257 e. The molecule has 5 heteroatoms. The molecule has 0 saturated carbocycles. The smallest absolute Gasteiger partial charge is 0.257 e. The lowest BCUT2D eigenvalue weighted by atomic mass is 10.1. The lowest BCUT2D eigenvalue weighted by molar-refractivity contribution is 0.102. The highest BCUT2D eigenvalue weighted by atomic mass is 35.5. The maximum atomic E-state index is 13.1. The number of hydrogen-bond donors (Lipinski definition) is 2. The van der Waals surface area contributed by atoms with E-state index in [9.17, 15) is 9.18 Å². The second-order valence-electron chi connectivity index (χ2n) is 4.17. The Balaban J connectivity index is 2.30. The minimum Gasteiger partial charge on any atom is -0.398 e. The van der Waals surface area contributed by atoms with Crippen LogP contribution in [0, 0.1) is 12.7 Å². The zero-order valence-corrected chi connectivity index (χ0v) is 11.0. The summed E-state index contributed by atoms with van der Waals surface area (Å²) in [6.07, 6.45) is 0. The molecule has 0 aliphatic heterocycles. The van der Waals surface area contributed by atoms with Crippen LogP contribution in [-0.2, 0) is 0 Å². The highest BCUT2D eigenvalue weighted by Gasteiger charge is 2.12. The molecule has 1 amide bonds. The summed E-state index contributed by atoms with van der Waals surface area (Å²) >= 11 is 5.98. The van der Waals surface area contributed by atoms with Crippen molar-refractivity contribution in [3.05, 3.63) is 58.4 Å². The van der Waals surface area contributed by atoms with Crippen LogP contribution in [0.3, 0.4) is 0 Å². The van der Waals surface area contributed by atoms with Gasteiger partial charge in [0.05, 0.1) is 16.3 Å². The van der Waals surface area contributed by atoms with E-state index in [1.165, 1.54) is 12.1 Å². The van der Waals surface area contributed by atoms with Gasteiger partial charge >= 0.3 is 0 Å². The van der Waals surface area contributed by atoms with Gasteiger partial charge in [0, 0.05) is 5.69 Å². The Morgan fingerprint density at radius 1 is 1.26 bits per heavy atom. The van der Waals surface area contributed by atoms with Gasteiger partial charge in [0.15, 0.2) is 0 Å². The van der Waals surface area contributed by atoms with Crippen LogP contribution in [0.15, 0.2) is 36.4 Å². The number of nitrogen functional groups attached to an aromatic ring is 1. The standard InChI is InChI=1S/C14H12ClFN2O/c1-8-2-4-11(15)13(6-8)18-14(19)10-7-9(16)3-5-12(10)17/h2-7H,17H2,1H3,(H,18,19). The van der Waals surface area contributed by atoms with Crippen LogP contribution < -0.4 is 11.1 Å². The molecule has 0 unspecified atom stereocenters. The second kappa shape index (κ2) is 5.28. The summed E-state index contributed by atoms with van der Waals surface area (Å²) in [7, 11) is 0. The summed E-state index contributed by atoms with van der Waals surface area (Å²) in [4.78, 5) is 12.0. The van der Waals surface area contributed by atoms with Crippen molar-refractivity contribution in [2.45, 2.75) is 6.92 Å². The highest BCUT2D eigenvalue weighted by molar-refractivity contribution is 6.34. The zero-order chi connectivity index (χ0) is 14.0. The fourth-order valence-corrected chi connectivity index (χ4v) is 1.81. The molecule has 0 aromatic heterocycles. The Bertz CT molecular complexity index is 643. The fraction of sp³-hybridized carbons (Fsp3) is 0.0714. The molecule has 0 saturated heterocycles. The van der Waals surface area contributed by atoms with E-state index in [1.807, 2.05) is 13.0 Å². The minimum absolute atomic E-state index is 0.0811. The van der Waals surface area contributed by atoms with Crippen molar-refractivity contribution in [3.63, 3.8) is 0 Å². The van der Waals surface area contributed by atoms with Gasteiger partial charge in [0.25, 0.3) is 5.91 Å². The number of nitrogens with one attached hydrogen (secondary N) is 1. The van der Waals surface area contributed by atoms with Crippen LogP contribution in [0.25, 0.3) is 0 Å². The Hall–Kier alpha value is -2.07. The van der Waals surface area contributed by atoms with Crippen molar-refractivity contribution < 1.29 is 9.18 Å². The number of rotatable bonds is 2. The van der Waals surface area contributed by atoms with Gasteiger partial charge in [0.2, 0.25) is 0 Å². The monoisotopic (exact) mass is 278 g/mol. The van der Waals surface area contributed by atoms with Gasteiger partial charge in [-0.05, 0) is 42.8 Å². The van der Waals surface area contributed by atoms with Crippen LogP contribution in [0.5, 0.6) is 0 Å². The Morgan fingerprint density at radius 2 is 2.00 bits per heavy atom. The first-order valence-electron chi connectivity index (χ1n) is 5.60. The molecule has 0 aliphatic rings. The second-order valence-corrected chi connectivity index (χ2v) is 4.58. The third-order valence-electron chi connectivity index (χ3n) is 2.63. The van der Waals surface area contributed by atoms with Gasteiger partial charge in [0.1, 0.15) is 5.82 Å². The summed E-state index contributed by atoms with van der Waals surface area (Å²) in [5, 5.41) is 3.03. The molecule has 3 N–H and O–H groups in total. The SMILES string of the molecule is Cc1ccc(Cl)c(NC(=O)c2cc(F)ccc2N)c1. The van der Waals surface area contributed by atoms with Gasteiger partial charge in [-0.2, -0.15) is 0 Å². The number of anilines is 2. The number of benzene rings is 2. The molecule has 2 rings (SSSR count). The summed E-state index contributed by atoms with van der Waals surface area (Å²) in [6, 6.07) is 8.88. The van der Waals surface area contributed by atoms with E-state index in [4.69, 9.17) is 17.3 Å². The quantitative estimate of drug-likeness (QED) is 0.824. The molecule has 2 aromatic rings. The van der Waals surface area contributed by atoms with Gasteiger partial charge in [-0.25, -0.2) is 4.39 Å². The number of amides is 1. The molecular weight excluding hydrogens is 267 g/mol. The molecule has 0 spiro atoms. The maximum absolute atomic E-state index is 13.1. The molecule has 98 valence electrons. The molecule has 0 heterocycles. The van der Waals surface area contributed by atoms with E-state index in [2.05, 4.69) is 5.32 Å². The van der Waals surface area contributed by atoms with E-state index in [-0.39, 0.29) is 11.3 Å². The van der Waals surface area contributed by atoms with Crippen LogP contribution in [0.2, 0.25) is 5.02 Å². The fourth-order valence-electron chi connectivity index (χ4n) is 1.65. The van der Waals surface area contributed by atoms with Crippen molar-refractivity contribution in [2.75, 3.05) is 11.1 Å². The third kappa shape index (κ3) is 3.03. The molecule has 2 aromatic carbocycles. The van der Waals surface area contributed by atoms with Crippen LogP contribution in [0.4, 0.5) is 15.8 Å². The Kier molecular flexibility index (Phi) is 3.71. The molecule has 0 aliphatic carbocycles. The number of hydrogen-bond acceptors (Lipinski definition) is 2. The third-order valence-corrected chi connectivity index (χ3v) is 2.96. The van der Waals surface area contributed by atoms with Crippen molar-refractivity contribution >= 4 is 28.9 Å². The number of carbonyl (C=O) groups excluding carboxylic acids is 1. The average molecular weight is 279 g/mol. The molecule has 0 bridgehead atoms. The van der Waals surface area contributed by atoms with E-state index in [1.54, 1.807) is 12.1 Å². The normalized spacial score (nSPS) is 10.3. The number of aryl methyl sites for hydroxylation is 1. The van der Waals surface area contributed by atoms with Crippen molar-refractivity contribution in [2.24, 2.45) is 0 Å². The lowest BCUT2D eigenvalue weighted by Gasteiger charge is -2.09. The van der Waals surface area contributed by atoms with Crippen LogP contribution in [-0.4, -0.2) is 5.91 Å². The van der Waals surface area contributed by atoms with E-state index >= 15 is 0 Å². The first-order chi connectivity index (χ1) is 8.97. The molecular formula is C14H12ClFN2O. The predicted molar refractivity (Wildman–Crippen MR) is 75.0 cm³/mol. The van der Waals surface area contributed by atoms with Crippen molar-refractivity contribution in [1.82, 2.24) is 0 Å². The number of nitrogens with two attached hydrogens (primary N) is 1. The van der Waals surface area contributed by atoms with Crippen molar-refractivity contribution in [1.29, 1.82) is 0 Å². The van der Waals surface area contributed by atoms with E-state index < -0.39 is 11.7 Å². The topological polar surface area (TPSA) is 55.1 Å². The van der Waals surface area contributed by atoms with Gasteiger partial charge < -0.3 is 11.1 Å². The summed E-state index contributed by atoms with van der Waals surface area (Å²) in [6.45, 7) is 1.88. The number of carbonyl (C=O) groups is 1. The first kappa shape index (κ1) is 13.4. The molecule has 3 nitrogen and oxygen atoms in total. The van der Waals surface area contributed by atoms with Gasteiger partial charge in [-0.15, -0.1) is 0 Å². The predicted octanol–water partition coefficient (Wildman–Crippen LogP) is 3.62. The average Bonchev–Trinajstić information content (AvgIpc) is 2.36. The first-order valence-corrected chi connectivity index (χ1v) is 5.97. The zero-order valence-electron chi connectivity index (χ0n) is 10.2. The van der Waals surface area contributed by atoms with Crippen molar-refractivity contribution in [3.8, 4) is 0 Å². The van der Waals surface area contributed by atoms with Gasteiger partial charge in [-0.1, -0.05) is 17.7 Å². The lowest BCUT2D eigenvalue weighted by Crippen LogP contribution is -2.14. The highest BCUT2D eigenvalue weighted by Crippen LogP contribution is 2.24. The molecule has 0 fully saturated rings. The van der Waals surface area contributed by atoms with Gasteiger partial charge in [-0.3, -0.25) is 4.79 Å². The largest absolute Gasteiger partial charge is 0.398 e. The Morgan fingerprint density at radius 3 is 2.74 bits per heavy atom. The molecule has 0 radical (unpaired) electrons. The van der Waals surface area contributed by atoms with E-state index in [0.29, 0.717) is 10.7 Å². The summed E-state index contributed by atoms with van der Waals surface area (Å²) in [5.74, 6) is -1.01. The Labute approximate surface area is 115 Å². The minimum atomic E-state index is -0.519. The van der Waals surface area contributed by atoms with Crippen LogP contribution in [0.1, 0.15) is 15.9 Å².